The Balaban J connectivity index is 2.17. The van der Waals surface area contributed by atoms with Crippen molar-refractivity contribution < 1.29 is 14.3 Å². The van der Waals surface area contributed by atoms with Crippen molar-refractivity contribution in [2.24, 2.45) is 0 Å². The maximum absolute atomic E-state index is 13.0. The van der Waals surface area contributed by atoms with Crippen molar-refractivity contribution in [3.63, 3.8) is 0 Å². The molecule has 5 nitrogen and oxygen atoms in total. The fourth-order valence-electron chi connectivity index (χ4n) is 2.69. The summed E-state index contributed by atoms with van der Waals surface area (Å²) in [6.45, 7) is 9.14. The number of hydrogen-bond donors (Lipinski definition) is 0. The molecule has 27 heavy (non-hydrogen) atoms. The van der Waals surface area contributed by atoms with Gasteiger partial charge in [0.25, 0.3) is 5.91 Å². The van der Waals surface area contributed by atoms with E-state index in [1.165, 1.54) is 5.56 Å². The number of hydrogen-bond acceptors (Lipinski definition) is 4. The van der Waals surface area contributed by atoms with Crippen molar-refractivity contribution in [2.45, 2.75) is 46.1 Å². The van der Waals surface area contributed by atoms with E-state index in [-0.39, 0.29) is 30.3 Å². The number of amides is 1. The quantitative estimate of drug-likeness (QED) is 0.694. The lowest BCUT2D eigenvalue weighted by Gasteiger charge is -2.23. The number of pyridine rings is 1. The Morgan fingerprint density at radius 3 is 2.33 bits per heavy atom. The lowest BCUT2D eigenvalue weighted by atomic mass is 9.86. The van der Waals surface area contributed by atoms with Crippen molar-refractivity contribution in [1.29, 1.82) is 0 Å². The molecule has 0 aliphatic rings. The summed E-state index contributed by atoms with van der Waals surface area (Å²) in [5, 5.41) is 0. The minimum absolute atomic E-state index is 0.0269. The highest BCUT2D eigenvalue weighted by Gasteiger charge is 2.20. The highest BCUT2D eigenvalue weighted by Crippen LogP contribution is 2.22. The summed E-state index contributed by atoms with van der Waals surface area (Å²) in [6.07, 6.45) is 1.86. The first-order valence-electron chi connectivity index (χ1n) is 9.26. The summed E-state index contributed by atoms with van der Waals surface area (Å²) >= 11 is 0. The molecule has 0 spiro atoms. The van der Waals surface area contributed by atoms with E-state index in [0.717, 1.165) is 5.69 Å². The van der Waals surface area contributed by atoms with E-state index in [0.29, 0.717) is 18.7 Å². The van der Waals surface area contributed by atoms with Crippen LogP contribution in [0.15, 0.2) is 48.7 Å². The van der Waals surface area contributed by atoms with Crippen LogP contribution in [0.5, 0.6) is 0 Å². The Labute approximate surface area is 161 Å². The molecule has 0 fully saturated rings. The molecule has 144 valence electrons. The Hall–Kier alpha value is -2.69. The zero-order valence-electron chi connectivity index (χ0n) is 16.6. The first kappa shape index (κ1) is 20.6. The van der Waals surface area contributed by atoms with E-state index in [1.807, 2.05) is 42.5 Å². The Morgan fingerprint density at radius 1 is 1.07 bits per heavy atom. The van der Waals surface area contributed by atoms with Crippen molar-refractivity contribution in [2.75, 3.05) is 13.2 Å². The molecular formula is C22H28N2O3. The molecule has 2 rings (SSSR count). The molecule has 1 aromatic heterocycles. The maximum Gasteiger partial charge on any atom is 0.307 e. The summed E-state index contributed by atoms with van der Waals surface area (Å²) in [4.78, 5) is 30.7. The van der Waals surface area contributed by atoms with Gasteiger partial charge in [-0.3, -0.25) is 14.6 Å². The van der Waals surface area contributed by atoms with Crippen LogP contribution in [0.25, 0.3) is 0 Å². The zero-order chi connectivity index (χ0) is 19.9. The van der Waals surface area contributed by atoms with Gasteiger partial charge in [0.05, 0.1) is 25.3 Å². The van der Waals surface area contributed by atoms with Crippen molar-refractivity contribution in [1.82, 2.24) is 9.88 Å². The van der Waals surface area contributed by atoms with Gasteiger partial charge < -0.3 is 9.64 Å². The Bertz CT molecular complexity index is 749. The second-order valence-corrected chi connectivity index (χ2v) is 7.43. The van der Waals surface area contributed by atoms with Gasteiger partial charge in [-0.2, -0.15) is 0 Å². The lowest BCUT2D eigenvalue weighted by Crippen LogP contribution is -2.33. The molecule has 5 heteroatoms. The third-order valence-corrected chi connectivity index (χ3v) is 4.26. The van der Waals surface area contributed by atoms with Gasteiger partial charge in [-0.1, -0.05) is 39.0 Å². The molecule has 0 aliphatic heterocycles. The van der Waals surface area contributed by atoms with Crippen LogP contribution in [-0.2, 0) is 21.5 Å². The number of carbonyl (C=O) groups is 2. The standard InChI is InChI=1S/C22H28N2O3/c1-5-27-20(25)13-15-24(16-19-8-6-7-14-23-19)21(26)17-9-11-18(12-10-17)22(2,3)4/h6-12,14H,5,13,15-16H2,1-4H3. The second kappa shape index (κ2) is 9.31. The smallest absolute Gasteiger partial charge is 0.307 e. The van der Waals surface area contributed by atoms with Crippen LogP contribution >= 0.6 is 0 Å². The third kappa shape index (κ3) is 6.20. The second-order valence-electron chi connectivity index (χ2n) is 7.43. The van der Waals surface area contributed by atoms with Gasteiger partial charge in [0.1, 0.15) is 0 Å². The minimum Gasteiger partial charge on any atom is -0.466 e. The van der Waals surface area contributed by atoms with Crippen molar-refractivity contribution >= 4 is 11.9 Å². The summed E-state index contributed by atoms with van der Waals surface area (Å²) in [5.74, 6) is -0.426. The fraction of sp³-hybridized carbons (Fsp3) is 0.409. The van der Waals surface area contributed by atoms with Crippen LogP contribution in [0, 0.1) is 0 Å². The highest BCUT2D eigenvalue weighted by atomic mass is 16.5. The largest absolute Gasteiger partial charge is 0.466 e. The normalized spacial score (nSPS) is 11.1. The Morgan fingerprint density at radius 2 is 1.78 bits per heavy atom. The average Bonchev–Trinajstić information content (AvgIpc) is 2.65. The molecule has 0 bridgehead atoms. The summed E-state index contributed by atoms with van der Waals surface area (Å²) < 4.78 is 4.99. The van der Waals surface area contributed by atoms with Crippen molar-refractivity contribution in [3.8, 4) is 0 Å². The van der Waals surface area contributed by atoms with Gasteiger partial charge in [-0.05, 0) is 42.2 Å². The minimum atomic E-state index is -0.306. The van der Waals surface area contributed by atoms with Crippen LogP contribution in [0.3, 0.4) is 0 Å². The van der Waals surface area contributed by atoms with Gasteiger partial charge >= 0.3 is 5.97 Å². The van der Waals surface area contributed by atoms with Gasteiger partial charge in [0.2, 0.25) is 0 Å². The molecule has 0 atom stereocenters. The first-order valence-corrected chi connectivity index (χ1v) is 9.26. The van der Waals surface area contributed by atoms with Crippen LogP contribution < -0.4 is 0 Å². The molecule has 2 aromatic rings. The molecule has 0 aliphatic carbocycles. The fourth-order valence-corrected chi connectivity index (χ4v) is 2.69. The topological polar surface area (TPSA) is 59.5 Å². The van der Waals surface area contributed by atoms with E-state index in [2.05, 4.69) is 25.8 Å². The third-order valence-electron chi connectivity index (χ3n) is 4.26. The maximum atomic E-state index is 13.0. The van der Waals surface area contributed by atoms with Gasteiger partial charge in [0, 0.05) is 18.3 Å². The van der Waals surface area contributed by atoms with E-state index >= 15 is 0 Å². The monoisotopic (exact) mass is 368 g/mol. The van der Waals surface area contributed by atoms with E-state index < -0.39 is 0 Å². The SMILES string of the molecule is CCOC(=O)CCN(Cc1ccccn1)C(=O)c1ccc(C(C)(C)C)cc1. The van der Waals surface area contributed by atoms with Crippen LogP contribution in [-0.4, -0.2) is 34.9 Å². The molecule has 0 N–H and O–H groups in total. The number of esters is 1. The number of ether oxygens (including phenoxy) is 1. The summed E-state index contributed by atoms with van der Waals surface area (Å²) in [7, 11) is 0. The van der Waals surface area contributed by atoms with Gasteiger partial charge in [-0.25, -0.2) is 0 Å². The summed E-state index contributed by atoms with van der Waals surface area (Å²) in [5.41, 5.74) is 2.57. The van der Waals surface area contributed by atoms with Crippen LogP contribution in [0.1, 0.15) is 55.7 Å². The molecule has 0 saturated heterocycles. The van der Waals surface area contributed by atoms with Gasteiger partial charge in [-0.15, -0.1) is 0 Å². The van der Waals surface area contributed by atoms with Crippen molar-refractivity contribution in [3.05, 3.63) is 65.5 Å². The van der Waals surface area contributed by atoms with E-state index in [1.54, 1.807) is 18.0 Å². The van der Waals surface area contributed by atoms with Gasteiger partial charge in [0.15, 0.2) is 0 Å². The van der Waals surface area contributed by atoms with E-state index in [9.17, 15) is 9.59 Å². The number of nitrogens with zero attached hydrogens (tertiary/aromatic N) is 2. The molecular weight excluding hydrogens is 340 g/mol. The van der Waals surface area contributed by atoms with E-state index in [4.69, 9.17) is 4.74 Å². The Kier molecular flexibility index (Phi) is 7.11. The van der Waals surface area contributed by atoms with Crippen LogP contribution in [0.2, 0.25) is 0 Å². The zero-order valence-corrected chi connectivity index (χ0v) is 16.6. The first-order chi connectivity index (χ1) is 12.8. The molecule has 1 amide bonds. The number of benzene rings is 1. The highest BCUT2D eigenvalue weighted by molar-refractivity contribution is 5.94. The molecule has 0 unspecified atom stereocenters. The predicted molar refractivity (Wildman–Crippen MR) is 105 cm³/mol. The molecule has 0 radical (unpaired) electrons. The average molecular weight is 368 g/mol. The molecule has 1 aromatic carbocycles. The molecule has 1 heterocycles. The van der Waals surface area contributed by atoms with Crippen LogP contribution in [0.4, 0.5) is 0 Å². The number of rotatable bonds is 7. The number of carbonyl (C=O) groups excluding carboxylic acids is 2. The summed E-state index contributed by atoms with van der Waals surface area (Å²) in [6, 6.07) is 13.2. The molecule has 0 saturated carbocycles. The predicted octanol–water partition coefficient (Wildman–Crippen LogP) is 3.97. The number of aromatic nitrogens is 1. The lowest BCUT2D eigenvalue weighted by molar-refractivity contribution is -0.143.